The summed E-state index contributed by atoms with van der Waals surface area (Å²) in [4.78, 5) is 19.4. The van der Waals surface area contributed by atoms with Gasteiger partial charge in [0, 0.05) is 29.6 Å². The zero-order valence-electron chi connectivity index (χ0n) is 11.8. The molecule has 0 bridgehead atoms. The minimum atomic E-state index is 0.0252. The second kappa shape index (κ2) is 5.11. The molecule has 110 valence electrons. The van der Waals surface area contributed by atoms with Gasteiger partial charge in [0.15, 0.2) is 5.13 Å². The summed E-state index contributed by atoms with van der Waals surface area (Å²) in [7, 11) is 0. The maximum absolute atomic E-state index is 12.6. The SMILES string of the molecule is CC1(C)CN(C(=O)c2sc(NC3CC3)nc2N)CCS1. The van der Waals surface area contributed by atoms with Crippen LogP contribution in [0.4, 0.5) is 10.9 Å². The maximum atomic E-state index is 12.6. The Morgan fingerprint density at radius 3 is 2.90 bits per heavy atom. The number of aromatic nitrogens is 1. The minimum Gasteiger partial charge on any atom is -0.382 e. The summed E-state index contributed by atoms with van der Waals surface area (Å²) >= 11 is 3.30. The van der Waals surface area contributed by atoms with Crippen LogP contribution >= 0.6 is 23.1 Å². The molecule has 0 radical (unpaired) electrons. The molecule has 0 atom stereocenters. The Labute approximate surface area is 127 Å². The highest BCUT2D eigenvalue weighted by Crippen LogP contribution is 2.34. The van der Waals surface area contributed by atoms with Crippen molar-refractivity contribution in [2.45, 2.75) is 37.5 Å². The van der Waals surface area contributed by atoms with Crippen molar-refractivity contribution < 1.29 is 4.79 Å². The molecule has 3 rings (SSSR count). The fraction of sp³-hybridized carbons (Fsp3) is 0.692. The summed E-state index contributed by atoms with van der Waals surface area (Å²) in [5, 5.41) is 4.08. The van der Waals surface area contributed by atoms with Gasteiger partial charge in [0.1, 0.15) is 10.7 Å². The van der Waals surface area contributed by atoms with E-state index < -0.39 is 0 Å². The number of nitrogens with zero attached hydrogens (tertiary/aromatic N) is 2. The Morgan fingerprint density at radius 2 is 2.25 bits per heavy atom. The third-order valence-corrected chi connectivity index (χ3v) is 5.75. The number of amides is 1. The van der Waals surface area contributed by atoms with E-state index in [1.54, 1.807) is 0 Å². The molecule has 1 aliphatic carbocycles. The second-order valence-corrected chi connectivity index (χ2v) is 8.79. The van der Waals surface area contributed by atoms with E-state index in [4.69, 9.17) is 5.73 Å². The van der Waals surface area contributed by atoms with Crippen molar-refractivity contribution in [2.24, 2.45) is 0 Å². The number of hydrogen-bond donors (Lipinski definition) is 2. The van der Waals surface area contributed by atoms with Crippen molar-refractivity contribution in [2.75, 3.05) is 29.9 Å². The van der Waals surface area contributed by atoms with E-state index in [9.17, 15) is 4.79 Å². The van der Waals surface area contributed by atoms with Crippen LogP contribution < -0.4 is 11.1 Å². The smallest absolute Gasteiger partial charge is 0.267 e. The average Bonchev–Trinajstić information content (AvgIpc) is 3.10. The lowest BCUT2D eigenvalue weighted by Gasteiger charge is -2.37. The number of nitrogen functional groups attached to an aromatic ring is 1. The first-order chi connectivity index (χ1) is 9.44. The molecule has 0 aromatic carbocycles. The molecule has 5 nitrogen and oxygen atoms in total. The number of rotatable bonds is 3. The number of hydrogen-bond acceptors (Lipinski definition) is 6. The van der Waals surface area contributed by atoms with E-state index in [0.29, 0.717) is 16.7 Å². The van der Waals surface area contributed by atoms with Crippen LogP contribution in [0.1, 0.15) is 36.4 Å². The summed E-state index contributed by atoms with van der Waals surface area (Å²) in [6.07, 6.45) is 2.36. The number of nitrogens with two attached hydrogens (primary N) is 1. The number of thiazole rings is 1. The number of thioether (sulfide) groups is 1. The number of anilines is 2. The zero-order valence-corrected chi connectivity index (χ0v) is 13.4. The Morgan fingerprint density at radius 1 is 1.50 bits per heavy atom. The van der Waals surface area contributed by atoms with Gasteiger partial charge in [-0.25, -0.2) is 4.98 Å². The number of nitrogens with one attached hydrogen (secondary N) is 1. The van der Waals surface area contributed by atoms with Gasteiger partial charge in [-0.1, -0.05) is 11.3 Å². The van der Waals surface area contributed by atoms with Crippen LogP contribution in [0.3, 0.4) is 0 Å². The molecule has 0 spiro atoms. The van der Waals surface area contributed by atoms with Crippen LogP contribution in [-0.2, 0) is 0 Å². The van der Waals surface area contributed by atoms with Gasteiger partial charge >= 0.3 is 0 Å². The normalized spacial score (nSPS) is 21.8. The van der Waals surface area contributed by atoms with Gasteiger partial charge < -0.3 is 16.0 Å². The average molecular weight is 312 g/mol. The lowest BCUT2D eigenvalue weighted by Crippen LogP contribution is -2.46. The first-order valence-corrected chi connectivity index (χ1v) is 8.71. The molecule has 3 N–H and O–H groups in total. The Bertz CT molecular complexity index is 524. The Balaban J connectivity index is 1.74. The van der Waals surface area contributed by atoms with E-state index in [-0.39, 0.29) is 10.7 Å². The van der Waals surface area contributed by atoms with Gasteiger partial charge in [0.2, 0.25) is 0 Å². The predicted octanol–water partition coefficient (Wildman–Crippen LogP) is 2.27. The van der Waals surface area contributed by atoms with Gasteiger partial charge in [-0.3, -0.25) is 4.79 Å². The highest BCUT2D eigenvalue weighted by Gasteiger charge is 2.32. The molecule has 1 aliphatic heterocycles. The van der Waals surface area contributed by atoms with Gasteiger partial charge in [-0.15, -0.1) is 0 Å². The Hall–Kier alpha value is -0.950. The maximum Gasteiger partial charge on any atom is 0.267 e. The van der Waals surface area contributed by atoms with Crippen LogP contribution in [0.25, 0.3) is 0 Å². The third kappa shape index (κ3) is 3.03. The molecular formula is C13H20N4OS2. The summed E-state index contributed by atoms with van der Waals surface area (Å²) in [5.41, 5.74) is 5.92. The molecule has 1 saturated heterocycles. The summed E-state index contributed by atoms with van der Waals surface area (Å²) < 4.78 is 0.114. The third-order valence-electron chi connectivity index (χ3n) is 3.47. The fourth-order valence-electron chi connectivity index (χ4n) is 2.28. The van der Waals surface area contributed by atoms with E-state index in [1.807, 2.05) is 16.7 Å². The lowest BCUT2D eigenvalue weighted by molar-refractivity contribution is 0.0753. The molecule has 20 heavy (non-hydrogen) atoms. The van der Waals surface area contributed by atoms with Crippen molar-refractivity contribution in [3.63, 3.8) is 0 Å². The summed E-state index contributed by atoms with van der Waals surface area (Å²) in [5.74, 6) is 1.36. The molecule has 1 saturated carbocycles. The van der Waals surface area contributed by atoms with Crippen molar-refractivity contribution >= 4 is 40.0 Å². The molecule has 7 heteroatoms. The first-order valence-electron chi connectivity index (χ1n) is 6.91. The van der Waals surface area contributed by atoms with Gasteiger partial charge in [-0.05, 0) is 26.7 Å². The largest absolute Gasteiger partial charge is 0.382 e. The van der Waals surface area contributed by atoms with Crippen LogP contribution in [0.15, 0.2) is 0 Å². The standard InChI is InChI=1S/C13H20N4OS2/c1-13(2)7-17(5-6-19-13)11(18)9-10(14)16-12(20-9)15-8-3-4-8/h8H,3-7,14H2,1-2H3,(H,15,16). The van der Waals surface area contributed by atoms with E-state index >= 15 is 0 Å². The van der Waals surface area contributed by atoms with Crippen LogP contribution in [0.2, 0.25) is 0 Å². The van der Waals surface area contributed by atoms with Crippen molar-refractivity contribution in [1.29, 1.82) is 0 Å². The van der Waals surface area contributed by atoms with E-state index in [1.165, 1.54) is 24.2 Å². The van der Waals surface area contributed by atoms with Gasteiger partial charge in [-0.2, -0.15) is 11.8 Å². The molecule has 2 heterocycles. The van der Waals surface area contributed by atoms with Crippen molar-refractivity contribution in [3.05, 3.63) is 4.88 Å². The molecule has 2 fully saturated rings. The highest BCUT2D eigenvalue weighted by molar-refractivity contribution is 8.00. The molecule has 1 aromatic rings. The van der Waals surface area contributed by atoms with E-state index in [0.717, 1.165) is 24.0 Å². The first kappa shape index (κ1) is 14.0. The number of carbonyl (C=O) groups excluding carboxylic acids is 1. The zero-order chi connectivity index (χ0) is 14.3. The van der Waals surface area contributed by atoms with Gasteiger partial charge in [0.25, 0.3) is 5.91 Å². The van der Waals surface area contributed by atoms with Crippen LogP contribution in [-0.4, -0.2) is 45.4 Å². The summed E-state index contributed by atoms with van der Waals surface area (Å²) in [6, 6.07) is 0.522. The molecule has 1 aromatic heterocycles. The molecule has 1 amide bonds. The highest BCUT2D eigenvalue weighted by atomic mass is 32.2. The van der Waals surface area contributed by atoms with Crippen LogP contribution in [0, 0.1) is 0 Å². The lowest BCUT2D eigenvalue weighted by atomic mass is 10.2. The van der Waals surface area contributed by atoms with Gasteiger partial charge in [0.05, 0.1) is 0 Å². The predicted molar refractivity (Wildman–Crippen MR) is 85.6 cm³/mol. The second-order valence-electron chi connectivity index (χ2n) is 5.99. The minimum absolute atomic E-state index is 0.0252. The van der Waals surface area contributed by atoms with Crippen molar-refractivity contribution in [3.8, 4) is 0 Å². The fourth-order valence-corrected chi connectivity index (χ4v) is 4.32. The number of carbonyl (C=O) groups is 1. The van der Waals surface area contributed by atoms with Crippen LogP contribution in [0.5, 0.6) is 0 Å². The molecular weight excluding hydrogens is 292 g/mol. The Kier molecular flexibility index (Phi) is 3.58. The van der Waals surface area contributed by atoms with E-state index in [2.05, 4.69) is 24.1 Å². The monoisotopic (exact) mass is 312 g/mol. The summed E-state index contributed by atoms with van der Waals surface area (Å²) in [6.45, 7) is 5.90. The molecule has 2 aliphatic rings. The quantitative estimate of drug-likeness (QED) is 0.896. The van der Waals surface area contributed by atoms with Crippen molar-refractivity contribution in [1.82, 2.24) is 9.88 Å². The topological polar surface area (TPSA) is 71.2 Å². The molecule has 0 unspecified atom stereocenters.